The van der Waals surface area contributed by atoms with Crippen LogP contribution < -0.4 is 5.32 Å². The number of nitrogens with zero attached hydrogens (tertiary/aromatic N) is 1. The summed E-state index contributed by atoms with van der Waals surface area (Å²) in [4.78, 5) is 14.6. The van der Waals surface area contributed by atoms with Gasteiger partial charge in [0, 0.05) is 38.1 Å². The molecule has 7 aliphatic rings. The third-order valence-electron chi connectivity index (χ3n) is 17.6. The van der Waals surface area contributed by atoms with Crippen LogP contribution in [0.2, 0.25) is 0 Å². The summed E-state index contributed by atoms with van der Waals surface area (Å²) in [6.07, 6.45) is 20.5. The number of rotatable bonds is 9. The van der Waals surface area contributed by atoms with Crippen molar-refractivity contribution >= 4 is 15.8 Å². The molecular formula is C45H72N2O4S. The lowest BCUT2D eigenvalue weighted by Crippen LogP contribution is -2.68. The first-order valence-corrected chi connectivity index (χ1v) is 23.2. The molecule has 0 radical (unpaired) electrons. The maximum atomic E-state index is 12.2. The minimum Gasteiger partial charge on any atom is -0.466 e. The predicted molar refractivity (Wildman–Crippen MR) is 213 cm³/mol. The fraction of sp³-hybridized carbons (Fsp3) is 0.844. The van der Waals surface area contributed by atoms with Crippen LogP contribution in [0.15, 0.2) is 35.5 Å². The molecule has 4 saturated carbocycles. The summed E-state index contributed by atoms with van der Waals surface area (Å²) in [5.74, 6) is 4.33. The van der Waals surface area contributed by atoms with Crippen LogP contribution in [0.5, 0.6) is 0 Å². The number of hydrogen-bond acceptors (Lipinski definition) is 6. The van der Waals surface area contributed by atoms with Gasteiger partial charge in [-0.3, -0.25) is 4.79 Å². The highest BCUT2D eigenvalue weighted by molar-refractivity contribution is 7.91. The Balaban J connectivity index is 1.10. The van der Waals surface area contributed by atoms with Crippen molar-refractivity contribution in [3.63, 3.8) is 0 Å². The Labute approximate surface area is 317 Å². The number of fused-ring (bicyclic) bond motifs is 7. The molecule has 0 aromatic heterocycles. The van der Waals surface area contributed by atoms with Gasteiger partial charge in [0.25, 0.3) is 0 Å². The number of carbonyl (C=O) groups excluding carboxylic acids is 1. The van der Waals surface area contributed by atoms with Gasteiger partial charge in [0.15, 0.2) is 9.84 Å². The minimum absolute atomic E-state index is 0.0388. The van der Waals surface area contributed by atoms with Crippen LogP contribution in [0.4, 0.5) is 0 Å². The molecule has 0 amide bonds. The molecular weight excluding hydrogens is 665 g/mol. The maximum Gasteiger partial charge on any atom is 0.306 e. The zero-order valence-electron chi connectivity index (χ0n) is 34.0. The van der Waals surface area contributed by atoms with Crippen molar-refractivity contribution in [1.29, 1.82) is 0 Å². The lowest BCUT2D eigenvalue weighted by molar-refractivity contribution is -0.221. The first-order valence-electron chi connectivity index (χ1n) is 21.4. The fourth-order valence-electron chi connectivity index (χ4n) is 14.8. The van der Waals surface area contributed by atoms with Gasteiger partial charge >= 0.3 is 5.97 Å². The second kappa shape index (κ2) is 13.9. The van der Waals surface area contributed by atoms with Gasteiger partial charge < -0.3 is 15.0 Å². The molecule has 0 aromatic rings. The Hall–Kier alpha value is -1.44. The van der Waals surface area contributed by atoms with E-state index in [-0.39, 0.29) is 16.9 Å². The van der Waals surface area contributed by atoms with Crippen molar-refractivity contribution in [2.24, 2.45) is 57.2 Å². The molecule has 7 heteroatoms. The lowest BCUT2D eigenvalue weighted by Gasteiger charge is -2.72. The van der Waals surface area contributed by atoms with Gasteiger partial charge in [-0.25, -0.2) is 8.42 Å². The molecule has 1 N–H and O–H groups in total. The second-order valence-corrected chi connectivity index (χ2v) is 22.5. The van der Waals surface area contributed by atoms with Gasteiger partial charge in [0.2, 0.25) is 0 Å². The number of sulfone groups is 1. The molecule has 292 valence electrons. The highest BCUT2D eigenvalue weighted by atomic mass is 32.2. The number of ether oxygens (including phenoxy) is 1. The normalized spacial score (nSPS) is 43.9. The van der Waals surface area contributed by atoms with E-state index in [2.05, 4.69) is 70.5 Å². The van der Waals surface area contributed by atoms with Crippen molar-refractivity contribution in [3.8, 4) is 0 Å². The van der Waals surface area contributed by atoms with Crippen molar-refractivity contribution in [1.82, 2.24) is 10.2 Å². The fourth-order valence-corrected chi connectivity index (χ4v) is 16.1. The third-order valence-corrected chi connectivity index (χ3v) is 19.2. The molecule has 10 atom stereocenters. The van der Waals surface area contributed by atoms with Gasteiger partial charge in [-0.15, -0.1) is 0 Å². The maximum absolute atomic E-state index is 12.2. The van der Waals surface area contributed by atoms with Crippen LogP contribution in [0.1, 0.15) is 132 Å². The monoisotopic (exact) mass is 737 g/mol. The van der Waals surface area contributed by atoms with Crippen LogP contribution in [0, 0.1) is 57.2 Å². The molecule has 5 fully saturated rings. The quantitative estimate of drug-likeness (QED) is 0.188. The minimum atomic E-state index is -2.85. The first-order chi connectivity index (χ1) is 24.5. The highest BCUT2D eigenvalue weighted by Crippen LogP contribution is 2.76. The van der Waals surface area contributed by atoms with Crippen LogP contribution >= 0.6 is 0 Å². The van der Waals surface area contributed by atoms with E-state index in [0.717, 1.165) is 38.3 Å². The van der Waals surface area contributed by atoms with Crippen molar-refractivity contribution in [3.05, 3.63) is 35.5 Å². The standard InChI is InChI=1S/C45H72N2O4S/c1-9-51-39(48)30-32-10-12-33(13-11-32)35-17-19-42(6)37(41(35,4)5)18-20-44(8)38(42)15-14-36-40-34(31(2)3)16-21-45(40,23-22-43(36,44)7)46-24-25-47-26-28-52(49,50)29-27-47/h12,17,32,34,36-38,40,46H,2,9-11,13-16,18-30H2,1,3-8H3. The molecule has 6 aliphatic carbocycles. The Morgan fingerprint density at radius 3 is 2.37 bits per heavy atom. The summed E-state index contributed by atoms with van der Waals surface area (Å²) in [7, 11) is -2.85. The van der Waals surface area contributed by atoms with E-state index in [0.29, 0.717) is 83.5 Å². The van der Waals surface area contributed by atoms with Crippen molar-refractivity contribution in [2.45, 2.75) is 137 Å². The zero-order valence-corrected chi connectivity index (χ0v) is 34.8. The Bertz CT molecular complexity index is 1570. The van der Waals surface area contributed by atoms with Gasteiger partial charge in [-0.05, 0) is 159 Å². The Morgan fingerprint density at radius 1 is 0.942 bits per heavy atom. The van der Waals surface area contributed by atoms with Crippen LogP contribution in [0.3, 0.4) is 0 Å². The third kappa shape index (κ3) is 6.35. The number of hydrogen-bond donors (Lipinski definition) is 1. The first kappa shape index (κ1) is 38.8. The van der Waals surface area contributed by atoms with E-state index in [1.165, 1.54) is 63.4 Å². The number of allylic oxidation sites excluding steroid dienone is 5. The van der Waals surface area contributed by atoms with Crippen molar-refractivity contribution < 1.29 is 17.9 Å². The lowest BCUT2D eigenvalue weighted by atomic mass is 9.33. The topological polar surface area (TPSA) is 75.7 Å². The predicted octanol–water partition coefficient (Wildman–Crippen LogP) is 8.93. The van der Waals surface area contributed by atoms with Gasteiger partial charge in [0.05, 0.1) is 18.1 Å². The summed E-state index contributed by atoms with van der Waals surface area (Å²) in [5.41, 5.74) is 5.81. The molecule has 7 rings (SSSR count). The van der Waals surface area contributed by atoms with Gasteiger partial charge in [-0.2, -0.15) is 0 Å². The summed E-state index contributed by atoms with van der Waals surface area (Å²) < 4.78 is 29.4. The molecule has 0 aromatic carbocycles. The summed E-state index contributed by atoms with van der Waals surface area (Å²) >= 11 is 0. The van der Waals surface area contributed by atoms with E-state index >= 15 is 0 Å². The SMILES string of the molecule is C=C(C)C1CCC2(NCCN3CCS(=O)(=O)CC3)CCC3(C)C(CCC4C5(C)CC=C(C6=CCC(CC(=O)OCC)CC6)C(C)(C)C5CCC43C)C12. The van der Waals surface area contributed by atoms with E-state index < -0.39 is 9.84 Å². The van der Waals surface area contributed by atoms with E-state index in [1.807, 2.05) is 6.92 Å². The number of nitrogens with one attached hydrogen (secondary N) is 1. The van der Waals surface area contributed by atoms with Crippen LogP contribution in [-0.4, -0.2) is 69.1 Å². The van der Waals surface area contributed by atoms with Gasteiger partial charge in [0.1, 0.15) is 0 Å². The zero-order chi connectivity index (χ0) is 37.3. The van der Waals surface area contributed by atoms with Gasteiger partial charge in [-0.1, -0.05) is 58.9 Å². The molecule has 1 heterocycles. The summed E-state index contributed by atoms with van der Waals surface area (Å²) in [5, 5.41) is 4.23. The average molecular weight is 737 g/mol. The molecule has 6 nitrogen and oxygen atoms in total. The molecule has 10 unspecified atom stereocenters. The Kier molecular flexibility index (Phi) is 10.4. The van der Waals surface area contributed by atoms with E-state index in [9.17, 15) is 13.2 Å². The summed E-state index contributed by atoms with van der Waals surface area (Å²) in [6, 6.07) is 0. The van der Waals surface area contributed by atoms with E-state index in [4.69, 9.17) is 4.74 Å². The van der Waals surface area contributed by atoms with Crippen LogP contribution in [-0.2, 0) is 19.4 Å². The summed E-state index contributed by atoms with van der Waals surface area (Å²) in [6.45, 7) is 25.9. The largest absolute Gasteiger partial charge is 0.466 e. The number of carbonyl (C=O) groups is 1. The average Bonchev–Trinajstić information content (AvgIpc) is 3.46. The Morgan fingerprint density at radius 2 is 1.69 bits per heavy atom. The molecule has 0 bridgehead atoms. The molecule has 1 saturated heterocycles. The molecule has 0 spiro atoms. The molecule has 52 heavy (non-hydrogen) atoms. The smallest absolute Gasteiger partial charge is 0.306 e. The number of esters is 1. The second-order valence-electron chi connectivity index (χ2n) is 20.2. The van der Waals surface area contributed by atoms with E-state index in [1.54, 1.807) is 11.1 Å². The van der Waals surface area contributed by atoms with Crippen LogP contribution in [0.25, 0.3) is 0 Å². The van der Waals surface area contributed by atoms with Crippen molar-refractivity contribution in [2.75, 3.05) is 44.3 Å². The molecule has 1 aliphatic heterocycles. The highest BCUT2D eigenvalue weighted by Gasteiger charge is 2.70.